The first kappa shape index (κ1) is 13.1. The van der Waals surface area contributed by atoms with Crippen molar-refractivity contribution in [1.82, 2.24) is 0 Å². The third-order valence-corrected chi connectivity index (χ3v) is 6.77. The molecule has 0 rings (SSSR count). The van der Waals surface area contributed by atoms with Gasteiger partial charge in [-0.1, -0.05) is 27.7 Å². The van der Waals surface area contributed by atoms with E-state index in [0.29, 0.717) is 5.54 Å². The van der Waals surface area contributed by atoms with Gasteiger partial charge in [-0.2, -0.15) is 0 Å². The molecule has 0 atom stereocenters. The van der Waals surface area contributed by atoms with Gasteiger partial charge < -0.3 is 8.85 Å². The summed E-state index contributed by atoms with van der Waals surface area (Å²) in [6.07, 6.45) is 1.20. The fraction of sp³-hybridized carbons (Fsp3) is 1.00. The Morgan fingerprint density at radius 2 is 1.46 bits per heavy atom. The smallest absolute Gasteiger partial charge is 0.340 e. The Balaban J connectivity index is 4.22. The molecule has 0 fully saturated rings. The van der Waals surface area contributed by atoms with Gasteiger partial charge in [-0.15, -0.1) is 0 Å². The zero-order valence-electron chi connectivity index (χ0n) is 9.89. The van der Waals surface area contributed by atoms with Crippen molar-refractivity contribution in [3.63, 3.8) is 0 Å². The summed E-state index contributed by atoms with van der Waals surface area (Å²) in [6.45, 7) is 8.87. The van der Waals surface area contributed by atoms with E-state index in [9.17, 15) is 0 Å². The standard InChI is InChI=1S/C10H24O2Si/c1-9(2)7-8-13(11-5,12-6)10(3)4/h9-10H,7-8H2,1-6H3. The minimum atomic E-state index is -1.88. The second-order valence-electron chi connectivity index (χ2n) is 4.31. The van der Waals surface area contributed by atoms with E-state index in [1.165, 1.54) is 6.42 Å². The van der Waals surface area contributed by atoms with E-state index in [1.807, 2.05) is 0 Å². The van der Waals surface area contributed by atoms with Crippen molar-refractivity contribution in [3.05, 3.63) is 0 Å². The van der Waals surface area contributed by atoms with Gasteiger partial charge in [0.15, 0.2) is 0 Å². The molecule has 0 aromatic carbocycles. The van der Waals surface area contributed by atoms with Crippen LogP contribution in [0.3, 0.4) is 0 Å². The molecule has 0 unspecified atom stereocenters. The minimum absolute atomic E-state index is 0.529. The van der Waals surface area contributed by atoms with E-state index in [2.05, 4.69) is 27.7 Å². The molecule has 0 aromatic rings. The van der Waals surface area contributed by atoms with Crippen molar-refractivity contribution in [2.45, 2.75) is 45.7 Å². The molecule has 2 nitrogen and oxygen atoms in total. The maximum atomic E-state index is 5.62. The second kappa shape index (κ2) is 5.78. The van der Waals surface area contributed by atoms with E-state index >= 15 is 0 Å². The average molecular weight is 204 g/mol. The van der Waals surface area contributed by atoms with Crippen LogP contribution >= 0.6 is 0 Å². The van der Waals surface area contributed by atoms with Crippen LogP contribution in [0.4, 0.5) is 0 Å². The van der Waals surface area contributed by atoms with Crippen LogP contribution in [0, 0.1) is 5.92 Å². The molecular formula is C10H24O2Si. The maximum Gasteiger partial charge on any atom is 0.340 e. The fourth-order valence-corrected chi connectivity index (χ4v) is 4.61. The van der Waals surface area contributed by atoms with E-state index < -0.39 is 8.56 Å². The molecule has 0 bridgehead atoms. The van der Waals surface area contributed by atoms with Crippen LogP contribution in [-0.2, 0) is 8.85 Å². The molecule has 3 heteroatoms. The van der Waals surface area contributed by atoms with Crippen LogP contribution in [0.1, 0.15) is 34.1 Å². The van der Waals surface area contributed by atoms with Gasteiger partial charge in [-0.25, -0.2) is 0 Å². The molecule has 0 saturated heterocycles. The molecule has 0 radical (unpaired) electrons. The number of hydrogen-bond donors (Lipinski definition) is 0. The highest BCUT2D eigenvalue weighted by Crippen LogP contribution is 2.29. The Morgan fingerprint density at radius 1 is 1.00 bits per heavy atom. The van der Waals surface area contributed by atoms with Crippen LogP contribution in [0.2, 0.25) is 11.6 Å². The van der Waals surface area contributed by atoms with Crippen LogP contribution in [0.25, 0.3) is 0 Å². The maximum absolute atomic E-state index is 5.62. The van der Waals surface area contributed by atoms with Gasteiger partial charge in [0.05, 0.1) is 0 Å². The summed E-state index contributed by atoms with van der Waals surface area (Å²) in [5.74, 6) is 0.732. The quantitative estimate of drug-likeness (QED) is 0.619. The molecule has 0 spiro atoms. The van der Waals surface area contributed by atoms with Gasteiger partial charge in [0.2, 0.25) is 0 Å². The Bertz CT molecular complexity index is 131. The number of hydrogen-bond acceptors (Lipinski definition) is 2. The van der Waals surface area contributed by atoms with Gasteiger partial charge in [0, 0.05) is 14.2 Å². The molecule has 0 aromatic heterocycles. The van der Waals surface area contributed by atoms with Crippen molar-refractivity contribution >= 4 is 8.56 Å². The summed E-state index contributed by atoms with van der Waals surface area (Å²) in [4.78, 5) is 0. The van der Waals surface area contributed by atoms with E-state index in [-0.39, 0.29) is 0 Å². The first-order chi connectivity index (χ1) is 5.98. The molecule has 80 valence electrons. The minimum Gasteiger partial charge on any atom is -0.397 e. The molecule has 0 amide bonds. The highest BCUT2D eigenvalue weighted by molar-refractivity contribution is 6.68. The molecule has 0 N–H and O–H groups in total. The number of rotatable bonds is 6. The highest BCUT2D eigenvalue weighted by atomic mass is 28.4. The normalized spacial score (nSPS) is 12.9. The molecule has 13 heavy (non-hydrogen) atoms. The Morgan fingerprint density at radius 3 is 1.69 bits per heavy atom. The second-order valence-corrected chi connectivity index (χ2v) is 8.40. The molecule has 0 aliphatic carbocycles. The lowest BCUT2D eigenvalue weighted by Gasteiger charge is -2.31. The van der Waals surface area contributed by atoms with Crippen LogP contribution in [0.15, 0.2) is 0 Å². The van der Waals surface area contributed by atoms with Crippen LogP contribution < -0.4 is 0 Å². The van der Waals surface area contributed by atoms with Gasteiger partial charge >= 0.3 is 8.56 Å². The lowest BCUT2D eigenvalue weighted by molar-refractivity contribution is 0.229. The molecule has 0 aliphatic rings. The van der Waals surface area contributed by atoms with Gasteiger partial charge in [-0.05, 0) is 23.9 Å². The van der Waals surface area contributed by atoms with E-state index in [0.717, 1.165) is 12.0 Å². The third kappa shape index (κ3) is 3.79. The summed E-state index contributed by atoms with van der Waals surface area (Å²) in [7, 11) is 1.69. The lowest BCUT2D eigenvalue weighted by atomic mass is 10.2. The monoisotopic (exact) mass is 204 g/mol. The predicted octanol–water partition coefficient (Wildman–Crippen LogP) is 3.18. The van der Waals surface area contributed by atoms with E-state index in [1.54, 1.807) is 14.2 Å². The molecule has 0 aliphatic heterocycles. The zero-order valence-corrected chi connectivity index (χ0v) is 10.9. The first-order valence-corrected chi connectivity index (χ1v) is 7.19. The van der Waals surface area contributed by atoms with Crippen molar-refractivity contribution in [2.24, 2.45) is 5.92 Å². The van der Waals surface area contributed by atoms with Crippen molar-refractivity contribution < 1.29 is 8.85 Å². The Kier molecular flexibility index (Phi) is 5.84. The summed E-state index contributed by atoms with van der Waals surface area (Å²) in [6, 6.07) is 1.11. The summed E-state index contributed by atoms with van der Waals surface area (Å²) >= 11 is 0. The summed E-state index contributed by atoms with van der Waals surface area (Å²) in [5.41, 5.74) is 0.529. The van der Waals surface area contributed by atoms with Gasteiger partial charge in [0.25, 0.3) is 0 Å². The predicted molar refractivity (Wildman–Crippen MR) is 59.1 cm³/mol. The summed E-state index contributed by atoms with van der Waals surface area (Å²) < 4.78 is 11.2. The third-order valence-electron chi connectivity index (χ3n) is 2.64. The van der Waals surface area contributed by atoms with E-state index in [4.69, 9.17) is 8.85 Å². The van der Waals surface area contributed by atoms with Gasteiger partial charge in [-0.3, -0.25) is 0 Å². The van der Waals surface area contributed by atoms with Crippen LogP contribution in [0.5, 0.6) is 0 Å². The van der Waals surface area contributed by atoms with Gasteiger partial charge in [0.1, 0.15) is 0 Å². The Labute approximate surface area is 83.9 Å². The Hall–Kier alpha value is 0.137. The fourth-order valence-electron chi connectivity index (χ4n) is 1.54. The molecular weight excluding hydrogens is 180 g/mol. The van der Waals surface area contributed by atoms with Crippen molar-refractivity contribution in [3.8, 4) is 0 Å². The zero-order chi connectivity index (χ0) is 10.5. The SMILES string of the molecule is CO[Si](CCC(C)C)(OC)C(C)C. The topological polar surface area (TPSA) is 18.5 Å². The highest BCUT2D eigenvalue weighted by Gasteiger charge is 2.38. The first-order valence-electron chi connectivity index (χ1n) is 5.08. The summed E-state index contributed by atoms with van der Waals surface area (Å²) in [5, 5.41) is 0. The molecule has 0 saturated carbocycles. The molecule has 0 heterocycles. The van der Waals surface area contributed by atoms with Crippen molar-refractivity contribution in [1.29, 1.82) is 0 Å². The average Bonchev–Trinajstić information content (AvgIpc) is 2.06. The van der Waals surface area contributed by atoms with Crippen molar-refractivity contribution in [2.75, 3.05) is 14.2 Å². The van der Waals surface area contributed by atoms with Crippen LogP contribution in [-0.4, -0.2) is 22.8 Å². The lowest BCUT2D eigenvalue weighted by Crippen LogP contribution is -2.43. The largest absolute Gasteiger partial charge is 0.397 e.